The maximum absolute atomic E-state index is 13.7. The SMILES string of the molecule is Nc1cc(C(F)(F)F)c2nc1-c1nnc(o1)C(O)(C(F)(F)F)CCCCCCN2CCO. The Morgan fingerprint density at radius 3 is 2.41 bits per heavy atom. The zero-order valence-electron chi connectivity index (χ0n) is 16.7. The van der Waals surface area contributed by atoms with Crippen LogP contribution < -0.4 is 10.6 Å². The molecule has 14 heteroatoms. The highest BCUT2D eigenvalue weighted by Gasteiger charge is 2.58. The van der Waals surface area contributed by atoms with E-state index in [2.05, 4.69) is 15.2 Å². The number of aliphatic hydroxyl groups is 2. The monoisotopic (exact) mass is 469 g/mol. The van der Waals surface area contributed by atoms with E-state index >= 15 is 0 Å². The second-order valence-electron chi connectivity index (χ2n) is 7.44. The summed E-state index contributed by atoms with van der Waals surface area (Å²) >= 11 is 0. The molecule has 32 heavy (non-hydrogen) atoms. The van der Waals surface area contributed by atoms with E-state index in [1.807, 2.05) is 0 Å². The average molecular weight is 469 g/mol. The molecule has 3 heterocycles. The summed E-state index contributed by atoms with van der Waals surface area (Å²) in [5.74, 6) is -2.39. The van der Waals surface area contributed by atoms with E-state index in [4.69, 9.17) is 10.2 Å². The highest BCUT2D eigenvalue weighted by atomic mass is 19.4. The van der Waals surface area contributed by atoms with Crippen LogP contribution in [0.2, 0.25) is 0 Å². The number of β-amino-alcohol motifs (C(OH)–C–C–N with tert-alkyl or cyclic N) is 1. The quantitative estimate of drug-likeness (QED) is 0.574. The van der Waals surface area contributed by atoms with Gasteiger partial charge in [0.05, 0.1) is 12.3 Å². The Morgan fingerprint density at radius 1 is 1.09 bits per heavy atom. The van der Waals surface area contributed by atoms with Gasteiger partial charge in [-0.05, 0) is 25.3 Å². The van der Waals surface area contributed by atoms with Gasteiger partial charge in [0.15, 0.2) is 5.69 Å². The average Bonchev–Trinajstić information content (AvgIpc) is 3.17. The zero-order chi connectivity index (χ0) is 23.7. The minimum Gasteiger partial charge on any atom is -0.416 e. The van der Waals surface area contributed by atoms with Gasteiger partial charge in [-0.3, -0.25) is 0 Å². The third kappa shape index (κ3) is 4.60. The van der Waals surface area contributed by atoms with E-state index in [1.54, 1.807) is 0 Å². The molecule has 0 saturated heterocycles. The van der Waals surface area contributed by atoms with Crippen LogP contribution in [0.3, 0.4) is 0 Å². The Morgan fingerprint density at radius 2 is 1.78 bits per heavy atom. The molecule has 0 aromatic carbocycles. The van der Waals surface area contributed by atoms with Gasteiger partial charge in [-0.15, -0.1) is 10.2 Å². The molecule has 1 aliphatic rings. The smallest absolute Gasteiger partial charge is 0.416 e. The van der Waals surface area contributed by atoms with Crippen molar-refractivity contribution in [1.82, 2.24) is 15.2 Å². The summed E-state index contributed by atoms with van der Waals surface area (Å²) in [6.07, 6.45) is -9.80. The Balaban J connectivity index is 2.21. The van der Waals surface area contributed by atoms with Crippen molar-refractivity contribution in [3.05, 3.63) is 17.5 Å². The maximum Gasteiger partial charge on any atom is 0.426 e. The van der Waals surface area contributed by atoms with Gasteiger partial charge in [0, 0.05) is 13.1 Å². The molecule has 2 aromatic rings. The first-order chi connectivity index (χ1) is 14.9. The van der Waals surface area contributed by atoms with Gasteiger partial charge in [0.1, 0.15) is 11.4 Å². The second-order valence-corrected chi connectivity index (χ2v) is 7.44. The van der Waals surface area contributed by atoms with Crippen LogP contribution in [-0.2, 0) is 11.8 Å². The first-order valence-corrected chi connectivity index (χ1v) is 9.75. The summed E-state index contributed by atoms with van der Waals surface area (Å²) in [4.78, 5) is 5.12. The summed E-state index contributed by atoms with van der Waals surface area (Å²) in [7, 11) is 0. The van der Waals surface area contributed by atoms with E-state index in [0.29, 0.717) is 18.9 Å². The number of fused-ring (bicyclic) bond motifs is 5. The van der Waals surface area contributed by atoms with Crippen molar-refractivity contribution >= 4 is 11.5 Å². The molecule has 1 unspecified atom stereocenters. The van der Waals surface area contributed by atoms with Gasteiger partial charge >= 0.3 is 12.4 Å². The number of aromatic nitrogens is 3. The minimum absolute atomic E-state index is 0.0484. The molecule has 178 valence electrons. The van der Waals surface area contributed by atoms with Crippen LogP contribution in [0, 0.1) is 0 Å². The Hall–Kier alpha value is -2.61. The topological polar surface area (TPSA) is 122 Å². The fourth-order valence-corrected chi connectivity index (χ4v) is 3.48. The molecule has 0 fully saturated rings. The molecule has 1 aliphatic heterocycles. The van der Waals surface area contributed by atoms with Crippen LogP contribution in [0.25, 0.3) is 11.6 Å². The molecule has 4 bridgehead atoms. The third-order valence-corrected chi connectivity index (χ3v) is 5.17. The standard InChI is InChI=1S/C18H21F6N5O3/c19-17(20,21)10-9-11(25)12-14-27-28-15(32-14)16(31,18(22,23)24)5-3-1-2-4-6-29(7-8-30)13(10)26-12/h9,30-31H,1-8,25H2. The van der Waals surface area contributed by atoms with E-state index < -0.39 is 65.5 Å². The number of nitrogens with two attached hydrogens (primary N) is 1. The van der Waals surface area contributed by atoms with Crippen LogP contribution in [0.15, 0.2) is 10.5 Å². The first-order valence-electron chi connectivity index (χ1n) is 9.75. The summed E-state index contributed by atoms with van der Waals surface area (Å²) in [5, 5.41) is 26.4. The van der Waals surface area contributed by atoms with E-state index in [0.717, 1.165) is 0 Å². The first kappa shape index (κ1) is 24.0. The van der Waals surface area contributed by atoms with Gasteiger partial charge in [-0.2, -0.15) is 26.3 Å². The third-order valence-electron chi connectivity index (χ3n) is 5.17. The largest absolute Gasteiger partial charge is 0.426 e. The number of hydrogen-bond acceptors (Lipinski definition) is 8. The van der Waals surface area contributed by atoms with Crippen LogP contribution in [0.1, 0.15) is 43.6 Å². The molecular weight excluding hydrogens is 448 g/mol. The van der Waals surface area contributed by atoms with Gasteiger partial charge < -0.3 is 25.3 Å². The number of hydrogen-bond donors (Lipinski definition) is 3. The van der Waals surface area contributed by atoms with Crippen LogP contribution >= 0.6 is 0 Å². The molecule has 2 aromatic heterocycles. The number of nitrogens with zero attached hydrogens (tertiary/aromatic N) is 4. The second kappa shape index (κ2) is 8.73. The molecule has 0 radical (unpaired) electrons. The lowest BCUT2D eigenvalue weighted by Crippen LogP contribution is -2.42. The van der Waals surface area contributed by atoms with E-state index in [1.165, 1.54) is 4.90 Å². The molecule has 3 rings (SSSR count). The fourth-order valence-electron chi connectivity index (χ4n) is 3.48. The molecule has 8 nitrogen and oxygen atoms in total. The van der Waals surface area contributed by atoms with Gasteiger partial charge in [0.25, 0.3) is 11.8 Å². The number of aliphatic hydroxyl groups excluding tert-OH is 1. The lowest BCUT2D eigenvalue weighted by Gasteiger charge is -2.28. The zero-order valence-corrected chi connectivity index (χ0v) is 16.7. The normalized spacial score (nSPS) is 20.8. The Labute approximate surface area is 178 Å². The van der Waals surface area contributed by atoms with Crippen molar-refractivity contribution in [3.63, 3.8) is 0 Å². The number of nitrogen functional groups attached to an aromatic ring is 1. The lowest BCUT2D eigenvalue weighted by atomic mass is 9.95. The van der Waals surface area contributed by atoms with Gasteiger partial charge in [-0.25, -0.2) is 4.98 Å². The van der Waals surface area contributed by atoms with Crippen molar-refractivity contribution in [2.24, 2.45) is 0 Å². The predicted molar refractivity (Wildman–Crippen MR) is 99.3 cm³/mol. The molecule has 0 spiro atoms. The molecule has 1 atom stereocenters. The minimum atomic E-state index is -5.13. The Bertz CT molecular complexity index is 948. The molecular formula is C18H21F6N5O3. The summed E-state index contributed by atoms with van der Waals surface area (Å²) in [6, 6.07) is 0.577. The van der Waals surface area contributed by atoms with Crippen molar-refractivity contribution < 1.29 is 41.0 Å². The predicted octanol–water partition coefficient (Wildman–Crippen LogP) is 3.25. The highest BCUT2D eigenvalue weighted by Crippen LogP contribution is 2.44. The molecule has 0 aliphatic carbocycles. The van der Waals surface area contributed by atoms with Gasteiger partial charge in [0.2, 0.25) is 5.60 Å². The number of rotatable bonds is 2. The van der Waals surface area contributed by atoms with Crippen LogP contribution in [-0.4, -0.2) is 51.3 Å². The van der Waals surface area contributed by atoms with Crippen LogP contribution in [0.4, 0.5) is 37.8 Å². The number of pyridine rings is 1. The van der Waals surface area contributed by atoms with Gasteiger partial charge in [-0.1, -0.05) is 12.8 Å². The van der Waals surface area contributed by atoms with Crippen molar-refractivity contribution in [3.8, 4) is 11.6 Å². The van der Waals surface area contributed by atoms with Crippen molar-refractivity contribution in [2.45, 2.75) is 50.1 Å². The summed E-state index contributed by atoms with van der Waals surface area (Å²) in [5.41, 5.74) is 0.0864. The summed E-state index contributed by atoms with van der Waals surface area (Å²) < 4.78 is 86.8. The van der Waals surface area contributed by atoms with E-state index in [9.17, 15) is 36.6 Å². The summed E-state index contributed by atoms with van der Waals surface area (Å²) in [6.45, 7) is -0.566. The number of anilines is 2. The number of alkyl halides is 6. The fraction of sp³-hybridized carbons (Fsp3) is 0.611. The Kier molecular flexibility index (Phi) is 6.56. The molecule has 4 N–H and O–H groups in total. The number of halogens is 6. The van der Waals surface area contributed by atoms with E-state index in [-0.39, 0.29) is 25.9 Å². The highest BCUT2D eigenvalue weighted by molar-refractivity contribution is 5.71. The van der Waals surface area contributed by atoms with Crippen molar-refractivity contribution in [2.75, 3.05) is 30.3 Å². The lowest BCUT2D eigenvalue weighted by molar-refractivity contribution is -0.277. The molecule has 0 amide bonds. The molecule has 0 saturated carbocycles. The maximum atomic E-state index is 13.7. The van der Waals surface area contributed by atoms with Crippen molar-refractivity contribution in [1.29, 1.82) is 0 Å². The van der Waals surface area contributed by atoms with Crippen LogP contribution in [0.5, 0.6) is 0 Å².